The minimum atomic E-state index is -5.01. The minimum absolute atomic E-state index is 0. The molecule has 0 aliphatic carbocycles. The average Bonchev–Trinajstić information content (AvgIpc) is 2.71. The normalized spacial score (nSPS) is 12.7. The second kappa shape index (κ2) is 9.58. The number of aromatic hydroxyl groups is 2. The Morgan fingerprint density at radius 3 is 1.97 bits per heavy atom. The molecule has 0 atom stereocenters. The summed E-state index contributed by atoms with van der Waals surface area (Å²) in [6.07, 6.45) is 0. The van der Waals surface area contributed by atoms with Crippen LogP contribution in [-0.2, 0) is 47.1 Å². The maximum Gasteiger partial charge on any atom is 0.298 e. The number of phenolic OH excluding ortho intramolecular Hbond substituents is 2. The van der Waals surface area contributed by atoms with Crippen LogP contribution in [0.25, 0.3) is 10.8 Å². The van der Waals surface area contributed by atoms with E-state index in [0.717, 1.165) is 42.5 Å². The van der Waals surface area contributed by atoms with Crippen LogP contribution in [0, 0.1) is 0 Å². The fourth-order valence-electron chi connectivity index (χ4n) is 2.84. The summed E-state index contributed by atoms with van der Waals surface area (Å²) >= 11 is 0. The Morgan fingerprint density at radius 1 is 0.794 bits per heavy atom. The Hall–Kier alpha value is -2.59. The van der Waals surface area contributed by atoms with Crippen molar-refractivity contribution in [3.8, 4) is 11.5 Å². The van der Waals surface area contributed by atoms with Crippen molar-refractivity contribution < 1.29 is 61.6 Å². The van der Waals surface area contributed by atoms with E-state index in [-0.39, 0.29) is 44.2 Å². The standard InChI is InChI=1S/C18H16N2O10S3.Cu/c1-2-31(23,24)11-4-6-15(21)14(9-11)19-20-17-13-5-3-12(32(25,26)27)7-10(13)8-16(18(17)22)33(28,29)30;/h3-9,21-22H,2H2,1H3,(H,25,26,27)(H,28,29,30);. The first-order chi connectivity index (χ1) is 15.1. The van der Waals surface area contributed by atoms with E-state index in [2.05, 4.69) is 10.2 Å². The summed E-state index contributed by atoms with van der Waals surface area (Å²) in [5, 5.41) is 27.6. The zero-order valence-electron chi connectivity index (χ0n) is 16.9. The molecule has 0 aliphatic heterocycles. The first-order valence-corrected chi connectivity index (χ1v) is 13.4. The van der Waals surface area contributed by atoms with Crippen LogP contribution < -0.4 is 0 Å². The molecule has 34 heavy (non-hydrogen) atoms. The molecule has 1 radical (unpaired) electrons. The van der Waals surface area contributed by atoms with Gasteiger partial charge in [0.25, 0.3) is 20.2 Å². The maximum atomic E-state index is 12.1. The van der Waals surface area contributed by atoms with Crippen LogP contribution in [-0.4, -0.2) is 50.3 Å². The van der Waals surface area contributed by atoms with Gasteiger partial charge in [-0.1, -0.05) is 13.0 Å². The van der Waals surface area contributed by atoms with E-state index in [1.165, 1.54) is 6.92 Å². The summed E-state index contributed by atoms with van der Waals surface area (Å²) in [5.74, 6) is -1.74. The first-order valence-electron chi connectivity index (χ1n) is 8.87. The molecule has 3 aromatic carbocycles. The van der Waals surface area contributed by atoms with Gasteiger partial charge in [-0.3, -0.25) is 9.11 Å². The van der Waals surface area contributed by atoms with Crippen LogP contribution in [0.3, 0.4) is 0 Å². The SMILES string of the molecule is CCS(=O)(=O)c1ccc(O)c(N=Nc2c(O)c(S(=O)(=O)O)cc3cc(S(=O)(=O)O)ccc23)c1.[Cu]. The summed E-state index contributed by atoms with van der Waals surface area (Å²) in [7, 11) is -13.3. The summed E-state index contributed by atoms with van der Waals surface area (Å²) in [5.41, 5.74) is -0.867. The van der Waals surface area contributed by atoms with Gasteiger partial charge in [-0.15, -0.1) is 10.2 Å². The third-order valence-electron chi connectivity index (χ3n) is 4.54. The van der Waals surface area contributed by atoms with Crippen molar-refractivity contribution in [3.05, 3.63) is 42.5 Å². The van der Waals surface area contributed by atoms with Gasteiger partial charge in [0.1, 0.15) is 22.0 Å². The predicted octanol–water partition coefficient (Wildman–Crippen LogP) is 2.95. The number of rotatable bonds is 6. The van der Waals surface area contributed by atoms with Gasteiger partial charge >= 0.3 is 0 Å². The van der Waals surface area contributed by atoms with Gasteiger partial charge in [0.15, 0.2) is 15.6 Å². The molecule has 0 unspecified atom stereocenters. The van der Waals surface area contributed by atoms with E-state index >= 15 is 0 Å². The minimum Gasteiger partial charge on any atom is -0.506 e. The molecule has 3 aromatic rings. The van der Waals surface area contributed by atoms with Crippen molar-refractivity contribution in [2.45, 2.75) is 21.6 Å². The Kier molecular flexibility index (Phi) is 7.79. The molecule has 4 N–H and O–H groups in total. The molecule has 0 aliphatic rings. The Bertz CT molecular complexity index is 1630. The summed E-state index contributed by atoms with van der Waals surface area (Å²) in [6.45, 7) is 1.41. The number of hydrogen-bond donors (Lipinski definition) is 4. The Labute approximate surface area is 204 Å². The third-order valence-corrected chi connectivity index (χ3v) is 7.99. The van der Waals surface area contributed by atoms with Gasteiger partial charge in [-0.25, -0.2) is 8.42 Å². The van der Waals surface area contributed by atoms with E-state index in [0.29, 0.717) is 0 Å². The predicted molar refractivity (Wildman–Crippen MR) is 115 cm³/mol. The van der Waals surface area contributed by atoms with Gasteiger partial charge in [0.2, 0.25) is 0 Å². The van der Waals surface area contributed by atoms with Gasteiger partial charge in [0.05, 0.1) is 15.5 Å². The fourth-order valence-corrected chi connectivity index (χ4v) is 4.87. The van der Waals surface area contributed by atoms with E-state index in [9.17, 15) is 44.6 Å². The summed E-state index contributed by atoms with van der Waals surface area (Å²) in [4.78, 5) is -1.79. The van der Waals surface area contributed by atoms with Crippen molar-refractivity contribution in [1.29, 1.82) is 0 Å². The number of fused-ring (bicyclic) bond motifs is 1. The van der Waals surface area contributed by atoms with E-state index in [1.54, 1.807) is 0 Å². The molecule has 0 bridgehead atoms. The molecule has 0 heterocycles. The average molecular weight is 580 g/mol. The second-order valence-electron chi connectivity index (χ2n) is 6.66. The van der Waals surface area contributed by atoms with Crippen LogP contribution in [0.2, 0.25) is 0 Å². The number of benzene rings is 3. The molecule has 0 spiro atoms. The number of hydrogen-bond acceptors (Lipinski definition) is 10. The molecule has 0 amide bonds. The zero-order chi connectivity index (χ0) is 24.8. The van der Waals surface area contributed by atoms with Gasteiger partial charge < -0.3 is 10.2 Å². The van der Waals surface area contributed by atoms with Gasteiger partial charge in [-0.2, -0.15) is 16.8 Å². The molecule has 0 saturated carbocycles. The van der Waals surface area contributed by atoms with E-state index in [1.807, 2.05) is 0 Å². The molecular weight excluding hydrogens is 564 g/mol. The van der Waals surface area contributed by atoms with Crippen LogP contribution in [0.5, 0.6) is 11.5 Å². The van der Waals surface area contributed by atoms with Crippen LogP contribution in [0.4, 0.5) is 11.4 Å². The molecule has 0 saturated heterocycles. The van der Waals surface area contributed by atoms with Crippen molar-refractivity contribution >= 4 is 52.2 Å². The number of phenols is 2. The fraction of sp³-hybridized carbons (Fsp3) is 0.111. The molecule has 3 rings (SSSR count). The van der Waals surface area contributed by atoms with E-state index < -0.39 is 57.1 Å². The van der Waals surface area contributed by atoms with Gasteiger partial charge in [0, 0.05) is 22.5 Å². The first kappa shape index (κ1) is 27.7. The van der Waals surface area contributed by atoms with Gasteiger partial charge in [-0.05, 0) is 41.8 Å². The largest absolute Gasteiger partial charge is 0.506 e. The number of sulfone groups is 1. The van der Waals surface area contributed by atoms with Crippen LogP contribution in [0.1, 0.15) is 6.92 Å². The quantitative estimate of drug-likeness (QED) is 0.190. The molecule has 0 aromatic heterocycles. The molecule has 187 valence electrons. The Morgan fingerprint density at radius 2 is 1.41 bits per heavy atom. The number of azo groups is 1. The smallest absolute Gasteiger partial charge is 0.298 e. The third kappa shape index (κ3) is 5.55. The molecule has 12 nitrogen and oxygen atoms in total. The number of nitrogens with zero attached hydrogens (tertiary/aromatic N) is 2. The molecular formula is C18H16CuN2O10S3. The summed E-state index contributed by atoms with van der Waals surface area (Å²) < 4.78 is 89.0. The topological polar surface area (TPSA) is 208 Å². The van der Waals surface area contributed by atoms with Crippen LogP contribution in [0.15, 0.2) is 67.4 Å². The van der Waals surface area contributed by atoms with Crippen molar-refractivity contribution in [3.63, 3.8) is 0 Å². The summed E-state index contributed by atoms with van der Waals surface area (Å²) in [6, 6.07) is 6.91. The van der Waals surface area contributed by atoms with Crippen LogP contribution >= 0.6 is 0 Å². The van der Waals surface area contributed by atoms with Crippen molar-refractivity contribution in [2.75, 3.05) is 5.75 Å². The monoisotopic (exact) mass is 579 g/mol. The van der Waals surface area contributed by atoms with E-state index in [4.69, 9.17) is 0 Å². The Balaban J connectivity index is 0.00000408. The molecule has 0 fully saturated rings. The van der Waals surface area contributed by atoms with Crippen molar-refractivity contribution in [1.82, 2.24) is 0 Å². The second-order valence-corrected chi connectivity index (χ2v) is 11.7. The zero-order valence-corrected chi connectivity index (χ0v) is 20.3. The van der Waals surface area contributed by atoms with Crippen molar-refractivity contribution in [2.24, 2.45) is 10.2 Å². The maximum absolute atomic E-state index is 12.1. The molecule has 16 heteroatoms.